The van der Waals surface area contributed by atoms with Gasteiger partial charge in [-0.15, -0.1) is 0 Å². The highest BCUT2D eigenvalue weighted by Crippen LogP contribution is 2.09. The molecule has 6 heteroatoms. The average molecular weight is 259 g/mol. The molecular formula is C13H13N3O3. The highest BCUT2D eigenvalue weighted by Gasteiger charge is 2.12. The maximum atomic E-state index is 11.6. The first-order valence-corrected chi connectivity index (χ1v) is 5.67. The van der Waals surface area contributed by atoms with Crippen LogP contribution in [0.2, 0.25) is 0 Å². The fourth-order valence-electron chi connectivity index (χ4n) is 1.41. The molecule has 0 bridgehead atoms. The number of nitrogens with zero attached hydrogens (tertiary/aromatic N) is 3. The summed E-state index contributed by atoms with van der Waals surface area (Å²) in [4.78, 5) is 24.7. The molecule has 0 radical (unpaired) electrons. The Balaban J connectivity index is 2.51. The fourth-order valence-corrected chi connectivity index (χ4v) is 1.41. The molecule has 6 nitrogen and oxygen atoms in total. The Bertz CT molecular complexity index is 529. The molecule has 1 rings (SSSR count). The molecule has 0 N–H and O–H groups in total. The molecule has 98 valence electrons. The zero-order chi connectivity index (χ0) is 14.1. The lowest BCUT2D eigenvalue weighted by Crippen LogP contribution is -2.13. The number of carbonyl (C=O) groups is 1. The van der Waals surface area contributed by atoms with Gasteiger partial charge in [0.05, 0.1) is 18.2 Å². The number of azide groups is 1. The Morgan fingerprint density at radius 1 is 1.47 bits per heavy atom. The van der Waals surface area contributed by atoms with E-state index in [0.717, 1.165) is 0 Å². The zero-order valence-electron chi connectivity index (χ0n) is 10.4. The van der Waals surface area contributed by atoms with Crippen LogP contribution in [-0.4, -0.2) is 24.6 Å². The fraction of sp³-hybridized carbons (Fsp3) is 0.308. The largest absolute Gasteiger partial charge is 0.462 e. The van der Waals surface area contributed by atoms with Gasteiger partial charge < -0.3 is 4.74 Å². The standard InChI is InChI=1S/C13H13N3O3/c1-10(9-17)12(15-16-14)7-8-19-13(18)11-5-3-2-4-6-11/h2-6,12H,7-8H2,1H3. The van der Waals surface area contributed by atoms with E-state index in [1.807, 2.05) is 0 Å². The molecule has 19 heavy (non-hydrogen) atoms. The third-order valence-corrected chi connectivity index (χ3v) is 2.49. The van der Waals surface area contributed by atoms with E-state index in [-0.39, 0.29) is 18.6 Å². The quantitative estimate of drug-likeness (QED) is 0.258. The predicted octanol–water partition coefficient (Wildman–Crippen LogP) is 2.69. The van der Waals surface area contributed by atoms with Crippen molar-refractivity contribution < 1.29 is 14.3 Å². The van der Waals surface area contributed by atoms with E-state index in [9.17, 15) is 9.59 Å². The number of carbonyl (C=O) groups excluding carboxylic acids is 2. The van der Waals surface area contributed by atoms with Crippen LogP contribution in [0.4, 0.5) is 0 Å². The maximum absolute atomic E-state index is 11.6. The number of esters is 1. The van der Waals surface area contributed by atoms with Crippen LogP contribution in [0, 0.1) is 0 Å². The van der Waals surface area contributed by atoms with E-state index in [0.29, 0.717) is 5.56 Å². The Labute approximate surface area is 110 Å². The van der Waals surface area contributed by atoms with Gasteiger partial charge in [-0.2, -0.15) is 0 Å². The lowest BCUT2D eigenvalue weighted by atomic mass is 10.1. The number of hydrogen-bond acceptors (Lipinski definition) is 4. The average Bonchev–Trinajstić information content (AvgIpc) is 2.46. The minimum absolute atomic E-state index is 0.0659. The monoisotopic (exact) mass is 259 g/mol. The van der Waals surface area contributed by atoms with Crippen molar-refractivity contribution in [2.45, 2.75) is 19.4 Å². The number of hydrogen-bond donors (Lipinski definition) is 0. The third kappa shape index (κ3) is 4.68. The maximum Gasteiger partial charge on any atom is 0.338 e. The van der Waals surface area contributed by atoms with E-state index < -0.39 is 12.0 Å². The van der Waals surface area contributed by atoms with E-state index in [1.54, 1.807) is 36.3 Å². The molecule has 1 atom stereocenters. The summed E-state index contributed by atoms with van der Waals surface area (Å²) in [6.45, 7) is 1.59. The van der Waals surface area contributed by atoms with Gasteiger partial charge in [0, 0.05) is 10.5 Å². The minimum atomic E-state index is -0.633. The Morgan fingerprint density at radius 3 is 2.74 bits per heavy atom. The van der Waals surface area contributed by atoms with Crippen LogP contribution >= 0.6 is 0 Å². The molecule has 1 unspecified atom stereocenters. The first kappa shape index (κ1) is 14.5. The molecular weight excluding hydrogens is 246 g/mol. The van der Waals surface area contributed by atoms with Crippen molar-refractivity contribution in [2.75, 3.05) is 6.61 Å². The molecule has 1 aromatic carbocycles. The van der Waals surface area contributed by atoms with Gasteiger partial charge in [-0.3, -0.25) is 0 Å². The van der Waals surface area contributed by atoms with Gasteiger partial charge in [0.25, 0.3) is 0 Å². The van der Waals surface area contributed by atoms with E-state index in [4.69, 9.17) is 10.3 Å². The summed E-state index contributed by atoms with van der Waals surface area (Å²) >= 11 is 0. The van der Waals surface area contributed by atoms with Crippen LogP contribution in [-0.2, 0) is 9.53 Å². The lowest BCUT2D eigenvalue weighted by Gasteiger charge is -2.09. The Kier molecular flexibility index (Phi) is 5.89. The second kappa shape index (κ2) is 7.71. The summed E-state index contributed by atoms with van der Waals surface area (Å²) in [5.41, 5.74) is 9.11. The number of ether oxygens (including phenoxy) is 1. The SMILES string of the molecule is CC(=C=O)C(CCOC(=O)c1ccccc1)N=[N+]=[N-]. The summed E-state index contributed by atoms with van der Waals surface area (Å²) in [7, 11) is 0. The van der Waals surface area contributed by atoms with E-state index >= 15 is 0 Å². The molecule has 1 aromatic rings. The molecule has 0 aliphatic carbocycles. The summed E-state index contributed by atoms with van der Waals surface area (Å²) in [6, 6.07) is 7.92. The van der Waals surface area contributed by atoms with Gasteiger partial charge in [0.15, 0.2) is 0 Å². The number of rotatable bonds is 6. The van der Waals surface area contributed by atoms with Gasteiger partial charge in [-0.25, -0.2) is 9.59 Å². The Hall–Kier alpha value is -2.55. The zero-order valence-corrected chi connectivity index (χ0v) is 10.4. The molecule has 0 spiro atoms. The van der Waals surface area contributed by atoms with E-state index in [1.165, 1.54) is 6.92 Å². The molecule has 0 saturated heterocycles. The molecule has 0 heterocycles. The van der Waals surface area contributed by atoms with Crippen LogP contribution < -0.4 is 0 Å². The summed E-state index contributed by atoms with van der Waals surface area (Å²) in [5, 5.41) is 3.45. The van der Waals surface area contributed by atoms with E-state index in [2.05, 4.69) is 10.0 Å². The lowest BCUT2D eigenvalue weighted by molar-refractivity contribution is 0.0497. The van der Waals surface area contributed by atoms with Crippen LogP contribution in [0.15, 0.2) is 41.0 Å². The van der Waals surface area contributed by atoms with Crippen molar-refractivity contribution >= 4 is 11.9 Å². The predicted molar refractivity (Wildman–Crippen MR) is 69.2 cm³/mol. The summed E-state index contributed by atoms with van der Waals surface area (Å²) in [5.74, 6) is 1.23. The topological polar surface area (TPSA) is 92.1 Å². The van der Waals surface area contributed by atoms with Crippen molar-refractivity contribution in [3.63, 3.8) is 0 Å². The third-order valence-electron chi connectivity index (χ3n) is 2.49. The smallest absolute Gasteiger partial charge is 0.338 e. The molecule has 0 saturated carbocycles. The van der Waals surface area contributed by atoms with Crippen LogP contribution in [0.3, 0.4) is 0 Å². The Morgan fingerprint density at radius 2 is 2.16 bits per heavy atom. The van der Waals surface area contributed by atoms with Gasteiger partial charge in [0.2, 0.25) is 0 Å². The summed E-state index contributed by atoms with van der Waals surface area (Å²) in [6.07, 6.45) is 0.254. The van der Waals surface area contributed by atoms with Crippen LogP contribution in [0.25, 0.3) is 10.4 Å². The van der Waals surface area contributed by atoms with Gasteiger partial charge in [-0.1, -0.05) is 23.3 Å². The van der Waals surface area contributed by atoms with Crippen molar-refractivity contribution in [2.24, 2.45) is 5.11 Å². The van der Waals surface area contributed by atoms with Crippen LogP contribution in [0.1, 0.15) is 23.7 Å². The molecule has 0 aliphatic rings. The van der Waals surface area contributed by atoms with Crippen molar-refractivity contribution in [3.05, 3.63) is 51.9 Å². The molecule has 0 amide bonds. The highest BCUT2D eigenvalue weighted by atomic mass is 16.5. The summed E-state index contributed by atoms with van der Waals surface area (Å²) < 4.78 is 5.03. The van der Waals surface area contributed by atoms with Crippen molar-refractivity contribution in [3.8, 4) is 0 Å². The first-order valence-electron chi connectivity index (χ1n) is 5.67. The minimum Gasteiger partial charge on any atom is -0.462 e. The van der Waals surface area contributed by atoms with Crippen LogP contribution in [0.5, 0.6) is 0 Å². The highest BCUT2D eigenvalue weighted by molar-refractivity contribution is 5.89. The molecule has 0 aromatic heterocycles. The first-order chi connectivity index (χ1) is 9.19. The second-order valence-electron chi connectivity index (χ2n) is 3.80. The number of benzene rings is 1. The van der Waals surface area contributed by atoms with Gasteiger partial charge >= 0.3 is 5.97 Å². The molecule has 0 fully saturated rings. The normalized spacial score (nSPS) is 10.8. The van der Waals surface area contributed by atoms with Gasteiger partial charge in [-0.05, 0) is 31.0 Å². The van der Waals surface area contributed by atoms with Crippen molar-refractivity contribution in [1.29, 1.82) is 0 Å². The van der Waals surface area contributed by atoms with Gasteiger partial charge in [0.1, 0.15) is 5.94 Å². The molecule has 0 aliphatic heterocycles. The van der Waals surface area contributed by atoms with Crippen molar-refractivity contribution in [1.82, 2.24) is 0 Å². The second-order valence-corrected chi connectivity index (χ2v) is 3.80.